The predicted octanol–water partition coefficient (Wildman–Crippen LogP) is 1.29. The number of piperidine rings is 1. The standard InChI is InChI=1S/C14H19N3O3/c1-20-12-4-2-3-11(9-12)14(18)17-7-5-10(6-8-17)13(15)16-19/h2-4,9-10,19H,5-8H2,1H3,(H2,15,16). The van der Waals surface area contributed by atoms with E-state index in [2.05, 4.69) is 5.16 Å². The lowest BCUT2D eigenvalue weighted by atomic mass is 9.95. The molecule has 0 bridgehead atoms. The first-order valence-corrected chi connectivity index (χ1v) is 6.56. The van der Waals surface area contributed by atoms with E-state index in [0.717, 1.165) is 0 Å². The first-order valence-electron chi connectivity index (χ1n) is 6.56. The third-order valence-corrected chi connectivity index (χ3v) is 3.63. The zero-order valence-electron chi connectivity index (χ0n) is 11.5. The summed E-state index contributed by atoms with van der Waals surface area (Å²) in [6, 6.07) is 7.12. The summed E-state index contributed by atoms with van der Waals surface area (Å²) in [6.07, 6.45) is 1.43. The van der Waals surface area contributed by atoms with Crippen LogP contribution >= 0.6 is 0 Å². The first kappa shape index (κ1) is 14.2. The highest BCUT2D eigenvalue weighted by atomic mass is 16.5. The van der Waals surface area contributed by atoms with Crippen molar-refractivity contribution in [2.75, 3.05) is 20.2 Å². The molecule has 0 atom stereocenters. The molecule has 0 radical (unpaired) electrons. The van der Waals surface area contributed by atoms with E-state index in [4.69, 9.17) is 15.7 Å². The normalized spacial score (nSPS) is 17.1. The lowest BCUT2D eigenvalue weighted by Crippen LogP contribution is -2.41. The van der Waals surface area contributed by atoms with Gasteiger partial charge in [-0.05, 0) is 31.0 Å². The number of oxime groups is 1. The molecule has 1 aliphatic rings. The number of likely N-dealkylation sites (tertiary alicyclic amines) is 1. The van der Waals surface area contributed by atoms with E-state index < -0.39 is 0 Å². The maximum Gasteiger partial charge on any atom is 0.253 e. The van der Waals surface area contributed by atoms with Crippen LogP contribution in [0.4, 0.5) is 0 Å². The van der Waals surface area contributed by atoms with E-state index in [1.165, 1.54) is 0 Å². The zero-order chi connectivity index (χ0) is 14.5. The van der Waals surface area contributed by atoms with Gasteiger partial charge in [0.2, 0.25) is 0 Å². The number of benzene rings is 1. The van der Waals surface area contributed by atoms with Gasteiger partial charge in [-0.15, -0.1) is 0 Å². The number of hydrogen-bond acceptors (Lipinski definition) is 4. The maximum atomic E-state index is 12.4. The molecule has 1 saturated heterocycles. The summed E-state index contributed by atoms with van der Waals surface area (Å²) < 4.78 is 5.12. The topological polar surface area (TPSA) is 88.2 Å². The minimum atomic E-state index is -0.0122. The van der Waals surface area contributed by atoms with Crippen LogP contribution in [0.5, 0.6) is 5.75 Å². The van der Waals surface area contributed by atoms with Gasteiger partial charge in [0.25, 0.3) is 5.91 Å². The van der Waals surface area contributed by atoms with Gasteiger partial charge in [-0.2, -0.15) is 0 Å². The van der Waals surface area contributed by atoms with Crippen LogP contribution in [0.25, 0.3) is 0 Å². The van der Waals surface area contributed by atoms with Gasteiger partial charge in [0.05, 0.1) is 7.11 Å². The van der Waals surface area contributed by atoms with E-state index in [1.54, 1.807) is 36.3 Å². The van der Waals surface area contributed by atoms with Crippen molar-refractivity contribution >= 4 is 11.7 Å². The quantitative estimate of drug-likeness (QED) is 0.377. The smallest absolute Gasteiger partial charge is 0.253 e. The third kappa shape index (κ3) is 3.01. The second kappa shape index (κ2) is 6.27. The van der Waals surface area contributed by atoms with Crippen molar-refractivity contribution in [3.8, 4) is 5.75 Å². The SMILES string of the molecule is COc1cccc(C(=O)N2CCC(C(N)=NO)CC2)c1. The van der Waals surface area contributed by atoms with Crippen LogP contribution in [0.3, 0.4) is 0 Å². The van der Waals surface area contributed by atoms with Gasteiger partial charge in [-0.1, -0.05) is 11.2 Å². The van der Waals surface area contributed by atoms with Crippen molar-refractivity contribution in [2.45, 2.75) is 12.8 Å². The summed E-state index contributed by atoms with van der Waals surface area (Å²) in [5.41, 5.74) is 6.22. The Balaban J connectivity index is 2.01. The Hall–Kier alpha value is -2.24. The summed E-state index contributed by atoms with van der Waals surface area (Å²) in [5, 5.41) is 11.7. The molecule has 1 heterocycles. The van der Waals surface area contributed by atoms with Crippen LogP contribution in [0.1, 0.15) is 23.2 Å². The number of hydrogen-bond donors (Lipinski definition) is 2. The van der Waals surface area contributed by atoms with E-state index in [1.807, 2.05) is 0 Å². The molecule has 0 saturated carbocycles. The minimum Gasteiger partial charge on any atom is -0.497 e. The van der Waals surface area contributed by atoms with Gasteiger partial charge < -0.3 is 20.6 Å². The average molecular weight is 277 g/mol. The molecule has 1 amide bonds. The largest absolute Gasteiger partial charge is 0.497 e. The summed E-state index contributed by atoms with van der Waals surface area (Å²) in [4.78, 5) is 14.2. The summed E-state index contributed by atoms with van der Waals surface area (Å²) in [5.74, 6) is 0.956. The van der Waals surface area contributed by atoms with Gasteiger partial charge >= 0.3 is 0 Å². The van der Waals surface area contributed by atoms with Gasteiger partial charge in [0.15, 0.2) is 0 Å². The lowest BCUT2D eigenvalue weighted by molar-refractivity contribution is 0.0708. The van der Waals surface area contributed by atoms with Crippen molar-refractivity contribution in [3.63, 3.8) is 0 Å². The average Bonchev–Trinajstić information content (AvgIpc) is 2.53. The van der Waals surface area contributed by atoms with Crippen LogP contribution in [-0.2, 0) is 0 Å². The molecule has 3 N–H and O–H groups in total. The van der Waals surface area contributed by atoms with Crippen LogP contribution in [0, 0.1) is 5.92 Å². The fourth-order valence-electron chi connectivity index (χ4n) is 2.40. The first-order chi connectivity index (χ1) is 9.65. The molecular weight excluding hydrogens is 258 g/mol. The molecule has 2 rings (SSSR count). The van der Waals surface area contributed by atoms with Crippen molar-refractivity contribution < 1.29 is 14.7 Å². The molecule has 108 valence electrons. The molecule has 0 aliphatic carbocycles. The summed E-state index contributed by atoms with van der Waals surface area (Å²) in [7, 11) is 1.58. The number of nitrogens with zero attached hydrogens (tertiary/aromatic N) is 2. The van der Waals surface area contributed by atoms with Crippen molar-refractivity contribution in [2.24, 2.45) is 16.8 Å². The Kier molecular flexibility index (Phi) is 4.45. The highest BCUT2D eigenvalue weighted by Gasteiger charge is 2.25. The number of methoxy groups -OCH3 is 1. The van der Waals surface area contributed by atoms with Gasteiger partial charge in [-0.3, -0.25) is 4.79 Å². The molecule has 1 fully saturated rings. The minimum absolute atomic E-state index is 0.0122. The number of amides is 1. The van der Waals surface area contributed by atoms with E-state index in [-0.39, 0.29) is 17.7 Å². The van der Waals surface area contributed by atoms with Crippen LogP contribution in [-0.4, -0.2) is 42.0 Å². The number of carbonyl (C=O) groups is 1. The number of carbonyl (C=O) groups excluding carboxylic acids is 1. The number of amidine groups is 1. The molecule has 1 aliphatic heterocycles. The highest BCUT2D eigenvalue weighted by molar-refractivity contribution is 5.94. The molecule has 1 aromatic carbocycles. The van der Waals surface area contributed by atoms with Crippen molar-refractivity contribution in [1.82, 2.24) is 4.90 Å². The highest BCUT2D eigenvalue weighted by Crippen LogP contribution is 2.20. The Labute approximate surface area is 117 Å². The Morgan fingerprint density at radius 3 is 2.75 bits per heavy atom. The molecule has 0 spiro atoms. The molecule has 6 heteroatoms. The van der Waals surface area contributed by atoms with Gasteiger partial charge in [0.1, 0.15) is 11.6 Å². The second-order valence-electron chi connectivity index (χ2n) is 4.82. The van der Waals surface area contributed by atoms with Crippen LogP contribution in [0.15, 0.2) is 29.4 Å². The zero-order valence-corrected chi connectivity index (χ0v) is 11.5. The van der Waals surface area contributed by atoms with Gasteiger partial charge in [-0.25, -0.2) is 0 Å². The fraction of sp³-hybridized carbons (Fsp3) is 0.429. The Morgan fingerprint density at radius 2 is 2.15 bits per heavy atom. The van der Waals surface area contributed by atoms with Crippen LogP contribution in [0.2, 0.25) is 0 Å². The second-order valence-corrected chi connectivity index (χ2v) is 4.82. The Bertz CT molecular complexity index is 508. The molecule has 6 nitrogen and oxygen atoms in total. The molecule has 0 unspecified atom stereocenters. The molecule has 20 heavy (non-hydrogen) atoms. The number of rotatable bonds is 3. The lowest BCUT2D eigenvalue weighted by Gasteiger charge is -2.31. The molecular formula is C14H19N3O3. The van der Waals surface area contributed by atoms with E-state index in [0.29, 0.717) is 37.2 Å². The number of nitrogens with two attached hydrogens (primary N) is 1. The fourth-order valence-corrected chi connectivity index (χ4v) is 2.40. The molecule has 1 aromatic rings. The molecule has 0 aromatic heterocycles. The van der Waals surface area contributed by atoms with Crippen molar-refractivity contribution in [3.05, 3.63) is 29.8 Å². The van der Waals surface area contributed by atoms with E-state index in [9.17, 15) is 4.79 Å². The summed E-state index contributed by atoms with van der Waals surface area (Å²) >= 11 is 0. The number of ether oxygens (including phenoxy) is 1. The predicted molar refractivity (Wildman–Crippen MR) is 75.0 cm³/mol. The van der Waals surface area contributed by atoms with E-state index >= 15 is 0 Å². The Morgan fingerprint density at radius 1 is 1.45 bits per heavy atom. The van der Waals surface area contributed by atoms with Gasteiger partial charge in [0, 0.05) is 24.6 Å². The maximum absolute atomic E-state index is 12.4. The monoisotopic (exact) mass is 277 g/mol. The summed E-state index contributed by atoms with van der Waals surface area (Å²) in [6.45, 7) is 1.22. The van der Waals surface area contributed by atoms with Crippen LogP contribution < -0.4 is 10.5 Å². The van der Waals surface area contributed by atoms with Crippen molar-refractivity contribution in [1.29, 1.82) is 0 Å². The third-order valence-electron chi connectivity index (χ3n) is 3.63.